The third-order valence-corrected chi connectivity index (χ3v) is 5.48. The van der Waals surface area contributed by atoms with Crippen LogP contribution in [0.15, 0.2) is 42.5 Å². The van der Waals surface area contributed by atoms with Gasteiger partial charge in [0.1, 0.15) is 6.61 Å². The van der Waals surface area contributed by atoms with Gasteiger partial charge in [0.05, 0.1) is 19.6 Å². The number of hydrogen-bond acceptors (Lipinski definition) is 5. The molecular weight excluding hydrogens is 404 g/mol. The largest absolute Gasteiger partial charge is 0.493 e. The molecule has 7 heteroatoms. The van der Waals surface area contributed by atoms with E-state index in [2.05, 4.69) is 6.07 Å². The van der Waals surface area contributed by atoms with Gasteiger partial charge in [-0.3, -0.25) is 4.79 Å². The normalized spacial score (nSPS) is 14.0. The molecule has 1 saturated heterocycles. The van der Waals surface area contributed by atoms with Crippen LogP contribution in [0.1, 0.15) is 35.2 Å². The highest BCUT2D eigenvalue weighted by molar-refractivity contribution is 6.31. The van der Waals surface area contributed by atoms with Crippen LogP contribution < -0.4 is 9.47 Å². The maximum absolute atomic E-state index is 13.2. The van der Waals surface area contributed by atoms with E-state index in [9.17, 15) is 4.79 Å². The van der Waals surface area contributed by atoms with Crippen molar-refractivity contribution in [1.82, 2.24) is 4.90 Å². The Kier molecular flexibility index (Phi) is 7.95. The molecule has 3 rings (SSSR count). The van der Waals surface area contributed by atoms with Crippen molar-refractivity contribution in [2.75, 3.05) is 26.9 Å². The first-order chi connectivity index (χ1) is 14.6. The lowest BCUT2D eigenvalue weighted by Crippen LogP contribution is -2.44. The Morgan fingerprint density at radius 1 is 1.23 bits per heavy atom. The Balaban J connectivity index is 1.76. The standard InChI is InChI=1S/C23H25ClN2O4/c1-28-22-15-17(7-8-21(22)30-16-18-5-2-3-6-20(18)24)23(27)26(12-4-11-25)19-9-13-29-14-10-19/h2-3,5-8,15,19H,4,9-10,12-14,16H2,1H3. The van der Waals surface area contributed by atoms with Gasteiger partial charge in [-0.05, 0) is 37.1 Å². The van der Waals surface area contributed by atoms with Gasteiger partial charge < -0.3 is 19.1 Å². The molecule has 1 aliphatic heterocycles. The number of rotatable bonds is 8. The zero-order valence-corrected chi connectivity index (χ0v) is 17.7. The van der Waals surface area contributed by atoms with Crippen LogP contribution >= 0.6 is 11.6 Å². The summed E-state index contributed by atoms with van der Waals surface area (Å²) in [6.45, 7) is 1.94. The van der Waals surface area contributed by atoms with Gasteiger partial charge in [0.2, 0.25) is 0 Å². The van der Waals surface area contributed by atoms with Gasteiger partial charge in [-0.2, -0.15) is 5.26 Å². The monoisotopic (exact) mass is 428 g/mol. The average Bonchev–Trinajstić information content (AvgIpc) is 2.79. The molecule has 0 N–H and O–H groups in total. The lowest BCUT2D eigenvalue weighted by atomic mass is 10.0. The van der Waals surface area contributed by atoms with E-state index in [0.29, 0.717) is 54.9 Å². The van der Waals surface area contributed by atoms with Crippen molar-refractivity contribution in [3.63, 3.8) is 0 Å². The molecule has 0 unspecified atom stereocenters. The van der Waals surface area contributed by atoms with Crippen LogP contribution in [-0.4, -0.2) is 43.7 Å². The molecule has 1 amide bonds. The number of carbonyl (C=O) groups is 1. The molecule has 158 valence electrons. The third-order valence-electron chi connectivity index (χ3n) is 5.11. The third kappa shape index (κ3) is 5.44. The Hall–Kier alpha value is -2.75. The summed E-state index contributed by atoms with van der Waals surface area (Å²) in [6.07, 6.45) is 1.83. The van der Waals surface area contributed by atoms with Crippen LogP contribution in [0.5, 0.6) is 11.5 Å². The van der Waals surface area contributed by atoms with Crippen molar-refractivity contribution >= 4 is 17.5 Å². The van der Waals surface area contributed by atoms with Crippen LogP contribution in [0.2, 0.25) is 5.02 Å². The number of halogens is 1. The van der Waals surface area contributed by atoms with Crippen molar-refractivity contribution in [1.29, 1.82) is 5.26 Å². The van der Waals surface area contributed by atoms with E-state index in [1.165, 1.54) is 7.11 Å². The number of methoxy groups -OCH3 is 1. The number of nitriles is 1. The first-order valence-corrected chi connectivity index (χ1v) is 10.3. The van der Waals surface area contributed by atoms with Gasteiger partial charge in [0.15, 0.2) is 11.5 Å². The topological polar surface area (TPSA) is 71.8 Å². The van der Waals surface area contributed by atoms with Gasteiger partial charge in [-0.1, -0.05) is 29.8 Å². The van der Waals surface area contributed by atoms with E-state index in [1.807, 2.05) is 24.3 Å². The lowest BCUT2D eigenvalue weighted by Gasteiger charge is -2.34. The van der Waals surface area contributed by atoms with E-state index in [0.717, 1.165) is 18.4 Å². The van der Waals surface area contributed by atoms with E-state index in [4.69, 9.17) is 31.1 Å². The van der Waals surface area contributed by atoms with Crippen LogP contribution in [0.3, 0.4) is 0 Å². The Morgan fingerprint density at radius 2 is 2.00 bits per heavy atom. The van der Waals surface area contributed by atoms with Crippen LogP contribution in [0.4, 0.5) is 0 Å². The molecule has 0 bridgehead atoms. The molecule has 1 aliphatic rings. The number of nitrogens with zero attached hydrogens (tertiary/aromatic N) is 2. The highest BCUT2D eigenvalue weighted by Gasteiger charge is 2.27. The summed E-state index contributed by atoms with van der Waals surface area (Å²) in [6, 6.07) is 14.8. The summed E-state index contributed by atoms with van der Waals surface area (Å²) >= 11 is 6.19. The second kappa shape index (κ2) is 10.9. The fourth-order valence-electron chi connectivity index (χ4n) is 3.47. The molecule has 1 heterocycles. The second-order valence-corrected chi connectivity index (χ2v) is 7.40. The Labute approximate surface area is 181 Å². The summed E-state index contributed by atoms with van der Waals surface area (Å²) in [4.78, 5) is 15.0. The number of benzene rings is 2. The molecule has 0 saturated carbocycles. The van der Waals surface area contributed by atoms with Crippen molar-refractivity contribution in [2.45, 2.75) is 31.9 Å². The quantitative estimate of drug-likeness (QED) is 0.620. The fraction of sp³-hybridized carbons (Fsp3) is 0.391. The van der Waals surface area contributed by atoms with Gasteiger partial charge in [0.25, 0.3) is 5.91 Å². The molecule has 0 aliphatic carbocycles. The number of amides is 1. The summed E-state index contributed by atoms with van der Waals surface area (Å²) in [7, 11) is 1.54. The Morgan fingerprint density at radius 3 is 2.70 bits per heavy atom. The minimum atomic E-state index is -0.117. The van der Waals surface area contributed by atoms with Gasteiger partial charge in [-0.25, -0.2) is 0 Å². The summed E-state index contributed by atoms with van der Waals surface area (Å²) < 4.78 is 16.8. The van der Waals surface area contributed by atoms with Crippen molar-refractivity contribution in [2.24, 2.45) is 0 Å². The van der Waals surface area contributed by atoms with Crippen molar-refractivity contribution < 1.29 is 19.0 Å². The average molecular weight is 429 g/mol. The van der Waals surface area contributed by atoms with E-state index >= 15 is 0 Å². The van der Waals surface area contributed by atoms with E-state index in [-0.39, 0.29) is 11.9 Å². The van der Waals surface area contributed by atoms with E-state index < -0.39 is 0 Å². The zero-order valence-electron chi connectivity index (χ0n) is 17.0. The number of ether oxygens (including phenoxy) is 3. The molecule has 0 aromatic heterocycles. The predicted molar refractivity (Wildman–Crippen MR) is 114 cm³/mol. The van der Waals surface area contributed by atoms with Gasteiger partial charge >= 0.3 is 0 Å². The molecule has 0 atom stereocenters. The lowest BCUT2D eigenvalue weighted by molar-refractivity contribution is 0.0296. The van der Waals surface area contributed by atoms with Crippen molar-refractivity contribution in [3.8, 4) is 17.6 Å². The molecular formula is C23H25ClN2O4. The predicted octanol–water partition coefficient (Wildman–Crippen LogP) is 4.46. The molecule has 0 spiro atoms. The second-order valence-electron chi connectivity index (χ2n) is 7.00. The highest BCUT2D eigenvalue weighted by Crippen LogP contribution is 2.30. The summed E-state index contributed by atoms with van der Waals surface area (Å²) in [5.74, 6) is 0.886. The summed E-state index contributed by atoms with van der Waals surface area (Å²) in [5, 5.41) is 9.63. The highest BCUT2D eigenvalue weighted by atomic mass is 35.5. The van der Waals surface area contributed by atoms with Crippen molar-refractivity contribution in [3.05, 3.63) is 58.6 Å². The maximum atomic E-state index is 13.2. The van der Waals surface area contributed by atoms with Gasteiger partial charge in [0, 0.05) is 41.9 Å². The van der Waals surface area contributed by atoms with Gasteiger partial charge in [-0.15, -0.1) is 0 Å². The first kappa shape index (κ1) is 21.9. The van der Waals surface area contributed by atoms with Crippen LogP contribution in [0, 0.1) is 11.3 Å². The van der Waals surface area contributed by atoms with Crippen LogP contribution in [0.25, 0.3) is 0 Å². The molecule has 2 aromatic rings. The Bertz CT molecular complexity index is 906. The smallest absolute Gasteiger partial charge is 0.254 e. The SMILES string of the molecule is COc1cc(C(=O)N(CCC#N)C2CCOCC2)ccc1OCc1ccccc1Cl. The molecule has 2 aromatic carbocycles. The molecule has 0 radical (unpaired) electrons. The minimum absolute atomic E-state index is 0.0711. The first-order valence-electron chi connectivity index (χ1n) is 9.94. The van der Waals surface area contributed by atoms with Crippen LogP contribution in [-0.2, 0) is 11.3 Å². The fourth-order valence-corrected chi connectivity index (χ4v) is 3.66. The zero-order chi connectivity index (χ0) is 21.3. The minimum Gasteiger partial charge on any atom is -0.493 e. The molecule has 30 heavy (non-hydrogen) atoms. The summed E-state index contributed by atoms with van der Waals surface area (Å²) in [5.41, 5.74) is 1.37. The number of hydrogen-bond donors (Lipinski definition) is 0. The molecule has 6 nitrogen and oxygen atoms in total. The number of carbonyl (C=O) groups excluding carboxylic acids is 1. The maximum Gasteiger partial charge on any atom is 0.254 e. The van der Waals surface area contributed by atoms with E-state index in [1.54, 1.807) is 23.1 Å². The molecule has 1 fully saturated rings.